The standard InChI is InChI=1S/C17H32N6/c1-3-18-17(20-10-13-23-11-5-4-6-12-23)19-9-7-8-16-14-21-22-15(16)2/h14H,3-13H2,1-2H3,(H,21,22)(H2,18,19,20). The van der Waals surface area contributed by atoms with Crippen LogP contribution in [0.25, 0.3) is 0 Å². The lowest BCUT2D eigenvalue weighted by molar-refractivity contribution is 0.232. The molecule has 1 aliphatic heterocycles. The molecular weight excluding hydrogens is 288 g/mol. The van der Waals surface area contributed by atoms with Gasteiger partial charge in [-0.15, -0.1) is 0 Å². The molecular formula is C17H32N6. The maximum absolute atomic E-state index is 4.67. The van der Waals surface area contributed by atoms with Gasteiger partial charge in [-0.3, -0.25) is 10.1 Å². The summed E-state index contributed by atoms with van der Waals surface area (Å²) in [6.45, 7) is 10.5. The van der Waals surface area contributed by atoms with Crippen LogP contribution in [0.4, 0.5) is 0 Å². The van der Waals surface area contributed by atoms with E-state index in [1.54, 1.807) is 0 Å². The molecule has 1 saturated heterocycles. The molecule has 130 valence electrons. The number of likely N-dealkylation sites (tertiary alicyclic amines) is 1. The molecule has 2 rings (SSSR count). The highest BCUT2D eigenvalue weighted by Crippen LogP contribution is 2.07. The molecule has 1 aromatic rings. The Hall–Kier alpha value is -1.56. The SMILES string of the molecule is CCNC(=NCCCc1cn[nH]c1C)NCCN1CCCCC1. The molecule has 0 atom stereocenters. The van der Waals surface area contributed by atoms with Gasteiger partial charge in [-0.05, 0) is 58.2 Å². The lowest BCUT2D eigenvalue weighted by Gasteiger charge is -2.26. The van der Waals surface area contributed by atoms with Gasteiger partial charge in [0.05, 0.1) is 6.20 Å². The predicted molar refractivity (Wildman–Crippen MR) is 95.9 cm³/mol. The Balaban J connectivity index is 1.65. The normalized spacial score (nSPS) is 16.5. The van der Waals surface area contributed by atoms with Crippen molar-refractivity contribution in [1.29, 1.82) is 0 Å². The highest BCUT2D eigenvalue weighted by atomic mass is 15.2. The van der Waals surface area contributed by atoms with Gasteiger partial charge in [0.1, 0.15) is 0 Å². The molecule has 0 unspecified atom stereocenters. The molecule has 0 aliphatic carbocycles. The van der Waals surface area contributed by atoms with E-state index < -0.39 is 0 Å². The van der Waals surface area contributed by atoms with Crippen LogP contribution < -0.4 is 10.6 Å². The van der Waals surface area contributed by atoms with E-state index in [9.17, 15) is 0 Å². The van der Waals surface area contributed by atoms with Gasteiger partial charge >= 0.3 is 0 Å². The summed E-state index contributed by atoms with van der Waals surface area (Å²) in [6.07, 6.45) is 8.08. The van der Waals surface area contributed by atoms with Crippen LogP contribution in [0, 0.1) is 6.92 Å². The van der Waals surface area contributed by atoms with Crippen LogP contribution in [-0.4, -0.2) is 60.3 Å². The van der Waals surface area contributed by atoms with Crippen molar-refractivity contribution >= 4 is 5.96 Å². The number of guanidine groups is 1. The van der Waals surface area contributed by atoms with Gasteiger partial charge in [-0.1, -0.05) is 6.42 Å². The zero-order chi connectivity index (χ0) is 16.3. The number of aromatic nitrogens is 2. The Morgan fingerprint density at radius 3 is 2.83 bits per heavy atom. The molecule has 0 aromatic carbocycles. The van der Waals surface area contributed by atoms with Crippen molar-refractivity contribution in [2.45, 2.75) is 46.0 Å². The summed E-state index contributed by atoms with van der Waals surface area (Å²) < 4.78 is 0. The number of aromatic amines is 1. The second-order valence-corrected chi connectivity index (χ2v) is 6.21. The van der Waals surface area contributed by atoms with Crippen molar-refractivity contribution in [3.8, 4) is 0 Å². The van der Waals surface area contributed by atoms with E-state index in [1.807, 2.05) is 6.20 Å². The van der Waals surface area contributed by atoms with E-state index in [1.165, 1.54) is 43.6 Å². The van der Waals surface area contributed by atoms with Crippen LogP contribution in [0.15, 0.2) is 11.2 Å². The van der Waals surface area contributed by atoms with E-state index in [0.717, 1.165) is 45.0 Å². The number of piperidine rings is 1. The summed E-state index contributed by atoms with van der Waals surface area (Å²) in [5.41, 5.74) is 2.46. The van der Waals surface area contributed by atoms with Gasteiger partial charge in [0.2, 0.25) is 0 Å². The minimum absolute atomic E-state index is 0.837. The minimum atomic E-state index is 0.837. The first-order chi connectivity index (χ1) is 11.3. The average Bonchev–Trinajstić information content (AvgIpc) is 2.97. The number of hydrogen-bond acceptors (Lipinski definition) is 3. The molecule has 6 nitrogen and oxygen atoms in total. The summed E-state index contributed by atoms with van der Waals surface area (Å²) in [5.74, 6) is 0.938. The Bertz CT molecular complexity index is 461. The Morgan fingerprint density at radius 2 is 2.13 bits per heavy atom. The fraction of sp³-hybridized carbons (Fsp3) is 0.765. The largest absolute Gasteiger partial charge is 0.357 e. The van der Waals surface area contributed by atoms with Crippen molar-refractivity contribution in [2.24, 2.45) is 4.99 Å². The van der Waals surface area contributed by atoms with Crippen molar-refractivity contribution in [3.05, 3.63) is 17.5 Å². The average molecular weight is 320 g/mol. The topological polar surface area (TPSA) is 68.3 Å². The van der Waals surface area contributed by atoms with Crippen molar-refractivity contribution < 1.29 is 0 Å². The monoisotopic (exact) mass is 320 g/mol. The van der Waals surface area contributed by atoms with Crippen LogP contribution in [0.3, 0.4) is 0 Å². The molecule has 2 heterocycles. The van der Waals surface area contributed by atoms with E-state index in [-0.39, 0.29) is 0 Å². The third-order valence-electron chi connectivity index (χ3n) is 4.32. The quantitative estimate of drug-likeness (QED) is 0.387. The molecule has 1 fully saturated rings. The number of H-pyrrole nitrogens is 1. The van der Waals surface area contributed by atoms with Gasteiger partial charge in [0.15, 0.2) is 5.96 Å². The number of aliphatic imine (C=N–C) groups is 1. The molecule has 23 heavy (non-hydrogen) atoms. The Labute approximate surface area is 140 Å². The Morgan fingerprint density at radius 1 is 1.30 bits per heavy atom. The summed E-state index contributed by atoms with van der Waals surface area (Å²) in [4.78, 5) is 7.21. The predicted octanol–water partition coefficient (Wildman–Crippen LogP) is 1.69. The van der Waals surface area contributed by atoms with Crippen LogP contribution >= 0.6 is 0 Å². The van der Waals surface area contributed by atoms with Gasteiger partial charge in [0, 0.05) is 31.9 Å². The maximum atomic E-state index is 4.67. The second-order valence-electron chi connectivity index (χ2n) is 6.21. The fourth-order valence-electron chi connectivity index (χ4n) is 2.95. The van der Waals surface area contributed by atoms with Crippen LogP contribution in [0.5, 0.6) is 0 Å². The number of nitrogens with one attached hydrogen (secondary N) is 3. The van der Waals surface area contributed by atoms with Gasteiger partial charge in [-0.25, -0.2) is 0 Å². The molecule has 0 amide bonds. The molecule has 1 aliphatic rings. The van der Waals surface area contributed by atoms with Crippen LogP contribution in [0.2, 0.25) is 0 Å². The van der Waals surface area contributed by atoms with E-state index in [2.05, 4.69) is 44.6 Å². The number of rotatable bonds is 8. The number of hydrogen-bond donors (Lipinski definition) is 3. The first-order valence-corrected chi connectivity index (χ1v) is 9.03. The third kappa shape index (κ3) is 6.60. The maximum Gasteiger partial charge on any atom is 0.191 e. The minimum Gasteiger partial charge on any atom is -0.357 e. The number of aryl methyl sites for hydroxylation is 2. The van der Waals surface area contributed by atoms with Gasteiger partial charge in [-0.2, -0.15) is 5.10 Å². The third-order valence-corrected chi connectivity index (χ3v) is 4.32. The highest BCUT2D eigenvalue weighted by molar-refractivity contribution is 5.79. The second kappa shape index (κ2) is 10.3. The van der Waals surface area contributed by atoms with E-state index in [4.69, 9.17) is 0 Å². The van der Waals surface area contributed by atoms with Crippen molar-refractivity contribution in [3.63, 3.8) is 0 Å². The molecule has 0 saturated carbocycles. The van der Waals surface area contributed by atoms with Crippen molar-refractivity contribution in [1.82, 2.24) is 25.7 Å². The van der Waals surface area contributed by atoms with Gasteiger partial charge < -0.3 is 15.5 Å². The summed E-state index contributed by atoms with van der Waals surface area (Å²) in [5, 5.41) is 13.8. The fourth-order valence-corrected chi connectivity index (χ4v) is 2.95. The molecule has 3 N–H and O–H groups in total. The molecule has 0 bridgehead atoms. The summed E-state index contributed by atoms with van der Waals surface area (Å²) in [7, 11) is 0. The van der Waals surface area contributed by atoms with Crippen LogP contribution in [0.1, 0.15) is 43.9 Å². The van der Waals surface area contributed by atoms with E-state index >= 15 is 0 Å². The molecule has 0 spiro atoms. The first kappa shape index (κ1) is 17.8. The van der Waals surface area contributed by atoms with Crippen molar-refractivity contribution in [2.75, 3.05) is 39.3 Å². The summed E-state index contributed by atoms with van der Waals surface area (Å²) in [6, 6.07) is 0. The molecule has 1 aromatic heterocycles. The summed E-state index contributed by atoms with van der Waals surface area (Å²) >= 11 is 0. The lowest BCUT2D eigenvalue weighted by Crippen LogP contribution is -2.42. The smallest absolute Gasteiger partial charge is 0.191 e. The highest BCUT2D eigenvalue weighted by Gasteiger charge is 2.09. The number of nitrogens with zero attached hydrogens (tertiary/aromatic N) is 3. The zero-order valence-corrected chi connectivity index (χ0v) is 14.7. The zero-order valence-electron chi connectivity index (χ0n) is 14.7. The van der Waals surface area contributed by atoms with Crippen LogP contribution in [-0.2, 0) is 6.42 Å². The molecule has 0 radical (unpaired) electrons. The lowest BCUT2D eigenvalue weighted by atomic mass is 10.1. The van der Waals surface area contributed by atoms with Gasteiger partial charge in [0.25, 0.3) is 0 Å². The van der Waals surface area contributed by atoms with E-state index in [0.29, 0.717) is 0 Å². The first-order valence-electron chi connectivity index (χ1n) is 9.03. The Kier molecular flexibility index (Phi) is 7.93. The molecule has 6 heteroatoms.